The highest BCUT2D eigenvalue weighted by atomic mass is 79.9. The lowest BCUT2D eigenvalue weighted by Crippen LogP contribution is -2.03. The molecule has 0 aliphatic carbocycles. The first-order valence-electron chi connectivity index (χ1n) is 6.75. The van der Waals surface area contributed by atoms with Crippen LogP contribution >= 0.6 is 15.9 Å². The van der Waals surface area contributed by atoms with Crippen LogP contribution in [0.4, 0.5) is 4.39 Å². The number of aliphatic hydroxyl groups is 1. The second kappa shape index (κ2) is 5.96. The number of rotatable bonds is 3. The van der Waals surface area contributed by atoms with Crippen molar-refractivity contribution < 1.29 is 9.50 Å². The van der Waals surface area contributed by atoms with E-state index in [2.05, 4.69) is 15.9 Å². The van der Waals surface area contributed by atoms with E-state index in [9.17, 15) is 9.50 Å². The van der Waals surface area contributed by atoms with Crippen molar-refractivity contribution in [3.8, 4) is 0 Å². The van der Waals surface area contributed by atoms with Crippen molar-refractivity contribution in [3.05, 3.63) is 82.1 Å². The second-order valence-corrected chi connectivity index (χ2v) is 5.89. The number of fused-ring (bicyclic) bond motifs is 1. The fourth-order valence-corrected chi connectivity index (χ4v) is 2.97. The summed E-state index contributed by atoms with van der Waals surface area (Å²) in [5.74, 6) is -0.293. The number of hydrogen-bond donors (Lipinski definition) is 1. The number of halogens is 2. The summed E-state index contributed by atoms with van der Waals surface area (Å²) in [5, 5.41) is 12.7. The van der Waals surface area contributed by atoms with Crippen molar-refractivity contribution in [2.24, 2.45) is 0 Å². The van der Waals surface area contributed by atoms with Crippen LogP contribution in [0.1, 0.15) is 17.2 Å². The summed E-state index contributed by atoms with van der Waals surface area (Å²) in [4.78, 5) is 0. The molecule has 0 saturated heterocycles. The van der Waals surface area contributed by atoms with Gasteiger partial charge < -0.3 is 5.11 Å². The molecule has 3 heteroatoms. The first-order valence-corrected chi connectivity index (χ1v) is 7.54. The maximum absolute atomic E-state index is 13.3. The molecule has 21 heavy (non-hydrogen) atoms. The molecule has 1 atom stereocenters. The van der Waals surface area contributed by atoms with Gasteiger partial charge in [0.05, 0.1) is 10.6 Å². The topological polar surface area (TPSA) is 20.2 Å². The quantitative estimate of drug-likeness (QED) is 0.707. The van der Waals surface area contributed by atoms with Gasteiger partial charge in [0.15, 0.2) is 0 Å². The summed E-state index contributed by atoms with van der Waals surface area (Å²) in [6.45, 7) is 0. The molecule has 1 nitrogen and oxygen atoms in total. The Morgan fingerprint density at radius 1 is 1.00 bits per heavy atom. The minimum absolute atomic E-state index is 0.293. The fraction of sp³-hybridized carbons (Fsp3) is 0.111. The van der Waals surface area contributed by atoms with Crippen molar-refractivity contribution in [1.29, 1.82) is 0 Å². The van der Waals surface area contributed by atoms with Gasteiger partial charge in [0, 0.05) is 6.42 Å². The van der Waals surface area contributed by atoms with Crippen molar-refractivity contribution in [1.82, 2.24) is 0 Å². The Hall–Kier alpha value is -1.71. The Morgan fingerprint density at radius 2 is 1.76 bits per heavy atom. The van der Waals surface area contributed by atoms with E-state index in [1.165, 1.54) is 6.07 Å². The molecule has 3 rings (SSSR count). The molecule has 0 heterocycles. The molecule has 0 radical (unpaired) electrons. The lowest BCUT2D eigenvalue weighted by atomic mass is 9.96. The third-order valence-electron chi connectivity index (χ3n) is 3.60. The van der Waals surface area contributed by atoms with E-state index in [0.717, 1.165) is 21.9 Å². The zero-order chi connectivity index (χ0) is 14.8. The van der Waals surface area contributed by atoms with Gasteiger partial charge in [-0.25, -0.2) is 4.39 Å². The van der Waals surface area contributed by atoms with Crippen LogP contribution in [0.25, 0.3) is 10.8 Å². The molecule has 0 fully saturated rings. The van der Waals surface area contributed by atoms with Crippen LogP contribution in [0.3, 0.4) is 0 Å². The summed E-state index contributed by atoms with van der Waals surface area (Å²) in [6, 6.07) is 18.7. The summed E-state index contributed by atoms with van der Waals surface area (Å²) in [5.41, 5.74) is 1.79. The molecule has 3 aromatic carbocycles. The van der Waals surface area contributed by atoms with Gasteiger partial charge in [-0.1, -0.05) is 48.5 Å². The van der Waals surface area contributed by atoms with E-state index >= 15 is 0 Å². The average Bonchev–Trinajstić information content (AvgIpc) is 2.50. The Morgan fingerprint density at radius 3 is 2.57 bits per heavy atom. The van der Waals surface area contributed by atoms with Gasteiger partial charge >= 0.3 is 0 Å². The van der Waals surface area contributed by atoms with Crippen molar-refractivity contribution in [3.63, 3.8) is 0 Å². The smallest absolute Gasteiger partial charge is 0.137 e. The SMILES string of the molecule is OC(Cc1ccc(F)c(Br)c1)c1cccc2ccccc12. The Kier molecular flexibility index (Phi) is 4.04. The Bertz CT molecular complexity index is 780. The van der Waals surface area contributed by atoms with Gasteiger partial charge in [-0.05, 0) is 50.0 Å². The van der Waals surface area contributed by atoms with E-state index in [1.54, 1.807) is 12.1 Å². The third-order valence-corrected chi connectivity index (χ3v) is 4.20. The van der Waals surface area contributed by atoms with Gasteiger partial charge in [-0.15, -0.1) is 0 Å². The van der Waals surface area contributed by atoms with E-state index in [4.69, 9.17) is 0 Å². The fourth-order valence-electron chi connectivity index (χ4n) is 2.54. The molecule has 0 spiro atoms. The molecule has 0 saturated carbocycles. The van der Waals surface area contributed by atoms with Gasteiger partial charge in [0.25, 0.3) is 0 Å². The van der Waals surface area contributed by atoms with Crippen molar-refractivity contribution >= 4 is 26.7 Å². The van der Waals surface area contributed by atoms with Gasteiger partial charge in [0.1, 0.15) is 5.82 Å². The monoisotopic (exact) mass is 344 g/mol. The average molecular weight is 345 g/mol. The minimum atomic E-state index is -0.617. The maximum Gasteiger partial charge on any atom is 0.137 e. The maximum atomic E-state index is 13.3. The zero-order valence-corrected chi connectivity index (χ0v) is 12.8. The minimum Gasteiger partial charge on any atom is -0.388 e. The molecule has 0 aromatic heterocycles. The van der Waals surface area contributed by atoms with Gasteiger partial charge in [-0.3, -0.25) is 0 Å². The number of benzene rings is 3. The molecular formula is C18H14BrFO. The molecule has 0 aliphatic heterocycles. The summed E-state index contributed by atoms with van der Waals surface area (Å²) < 4.78 is 13.7. The summed E-state index contributed by atoms with van der Waals surface area (Å²) in [7, 11) is 0. The third kappa shape index (κ3) is 2.99. The van der Waals surface area contributed by atoms with Gasteiger partial charge in [-0.2, -0.15) is 0 Å². The molecule has 3 aromatic rings. The first kappa shape index (κ1) is 14.2. The van der Waals surface area contributed by atoms with E-state index in [1.807, 2.05) is 42.5 Å². The first-order chi connectivity index (χ1) is 10.1. The molecule has 106 valence electrons. The number of aliphatic hydroxyl groups excluding tert-OH is 1. The second-order valence-electron chi connectivity index (χ2n) is 5.04. The van der Waals surface area contributed by atoms with E-state index < -0.39 is 6.10 Å². The predicted octanol–water partition coefficient (Wildman–Crippen LogP) is 5.02. The molecule has 0 bridgehead atoms. The predicted molar refractivity (Wildman–Crippen MR) is 86.7 cm³/mol. The highest BCUT2D eigenvalue weighted by Gasteiger charge is 2.12. The molecular weight excluding hydrogens is 331 g/mol. The van der Waals surface area contributed by atoms with Crippen LogP contribution in [-0.2, 0) is 6.42 Å². The van der Waals surface area contributed by atoms with Crippen LogP contribution in [0.2, 0.25) is 0 Å². The Labute approximate surface area is 131 Å². The normalized spacial score (nSPS) is 12.5. The molecule has 1 N–H and O–H groups in total. The van der Waals surface area contributed by atoms with E-state index in [-0.39, 0.29) is 5.82 Å². The van der Waals surface area contributed by atoms with Crippen LogP contribution in [-0.4, -0.2) is 5.11 Å². The zero-order valence-electron chi connectivity index (χ0n) is 11.3. The van der Waals surface area contributed by atoms with Crippen LogP contribution in [0.5, 0.6) is 0 Å². The van der Waals surface area contributed by atoms with Crippen molar-refractivity contribution in [2.45, 2.75) is 12.5 Å². The molecule has 1 unspecified atom stereocenters. The van der Waals surface area contributed by atoms with Gasteiger partial charge in [0.2, 0.25) is 0 Å². The molecule has 0 aliphatic rings. The largest absolute Gasteiger partial charge is 0.388 e. The Balaban J connectivity index is 1.93. The standard InChI is InChI=1S/C18H14BrFO/c19-16-10-12(8-9-17(16)20)11-18(21)15-7-3-5-13-4-1-2-6-14(13)15/h1-10,18,21H,11H2. The lowest BCUT2D eigenvalue weighted by molar-refractivity contribution is 0.180. The molecule has 0 amide bonds. The number of hydrogen-bond acceptors (Lipinski definition) is 1. The van der Waals surface area contributed by atoms with Crippen molar-refractivity contribution in [2.75, 3.05) is 0 Å². The highest BCUT2D eigenvalue weighted by Crippen LogP contribution is 2.27. The summed E-state index contributed by atoms with van der Waals surface area (Å²) in [6.07, 6.45) is -0.166. The summed E-state index contributed by atoms with van der Waals surface area (Å²) >= 11 is 3.18. The van der Waals surface area contributed by atoms with Crippen LogP contribution < -0.4 is 0 Å². The van der Waals surface area contributed by atoms with Crippen LogP contribution in [0, 0.1) is 5.82 Å². The van der Waals surface area contributed by atoms with E-state index in [0.29, 0.717) is 10.9 Å². The lowest BCUT2D eigenvalue weighted by Gasteiger charge is -2.14. The highest BCUT2D eigenvalue weighted by molar-refractivity contribution is 9.10. The van der Waals surface area contributed by atoms with Crippen LogP contribution in [0.15, 0.2) is 65.1 Å².